The van der Waals surface area contributed by atoms with E-state index < -0.39 is 11.8 Å². The number of hydrogen-bond donors (Lipinski definition) is 1. The number of carbonyl (C=O) groups is 1. The van der Waals surface area contributed by atoms with Gasteiger partial charge in [0, 0.05) is 0 Å². The number of methoxy groups -OCH3 is 1. The van der Waals surface area contributed by atoms with Crippen LogP contribution in [0.2, 0.25) is 0 Å². The van der Waals surface area contributed by atoms with E-state index in [4.69, 9.17) is 5.73 Å². The molecule has 1 atom stereocenters. The van der Waals surface area contributed by atoms with Crippen LogP contribution in [-0.2, 0) is 4.74 Å². The van der Waals surface area contributed by atoms with E-state index in [9.17, 15) is 9.18 Å². The molecule has 1 aromatic heterocycles. The molecule has 1 aromatic rings. The summed E-state index contributed by atoms with van der Waals surface area (Å²) in [5, 5.41) is 0. The highest BCUT2D eigenvalue weighted by Gasteiger charge is 2.12. The molecule has 1 rings (SSSR count). The minimum absolute atomic E-state index is 0.000370. The van der Waals surface area contributed by atoms with Crippen molar-refractivity contribution < 1.29 is 13.9 Å². The van der Waals surface area contributed by atoms with Crippen molar-refractivity contribution in [3.8, 4) is 0 Å². The van der Waals surface area contributed by atoms with Gasteiger partial charge in [0.2, 0.25) is 0 Å². The Hall–Kier alpha value is -1.22. The zero-order valence-electron chi connectivity index (χ0n) is 6.87. The fraction of sp³-hybridized carbons (Fsp3) is 0.143. The molecular formula is C7H8FN2O2P. The molecule has 0 saturated carbocycles. The first-order chi connectivity index (χ1) is 6.06. The van der Waals surface area contributed by atoms with Gasteiger partial charge in [-0.3, -0.25) is 0 Å². The lowest BCUT2D eigenvalue weighted by atomic mass is 10.3. The average molecular weight is 202 g/mol. The maximum Gasteiger partial charge on any atom is 0.356 e. The maximum atomic E-state index is 12.9. The van der Waals surface area contributed by atoms with Crippen LogP contribution in [0.25, 0.3) is 0 Å². The van der Waals surface area contributed by atoms with Gasteiger partial charge in [0.05, 0.1) is 18.2 Å². The molecule has 70 valence electrons. The van der Waals surface area contributed by atoms with Crippen LogP contribution in [0.3, 0.4) is 0 Å². The summed E-state index contributed by atoms with van der Waals surface area (Å²) in [6.45, 7) is 0. The normalized spacial score (nSPS) is 9.77. The highest BCUT2D eigenvalue weighted by molar-refractivity contribution is 7.27. The number of hydrogen-bond acceptors (Lipinski definition) is 4. The van der Waals surface area contributed by atoms with Crippen LogP contribution < -0.4 is 11.2 Å². The van der Waals surface area contributed by atoms with Crippen LogP contribution in [0.1, 0.15) is 10.5 Å². The van der Waals surface area contributed by atoms with Crippen molar-refractivity contribution in [2.24, 2.45) is 0 Å². The van der Waals surface area contributed by atoms with Gasteiger partial charge in [-0.25, -0.2) is 14.2 Å². The second-order valence-corrected chi connectivity index (χ2v) is 2.83. The van der Waals surface area contributed by atoms with Crippen molar-refractivity contribution >= 4 is 26.3 Å². The summed E-state index contributed by atoms with van der Waals surface area (Å²) in [5.74, 6) is -1.28. The van der Waals surface area contributed by atoms with E-state index in [1.54, 1.807) is 0 Å². The molecule has 1 unspecified atom stereocenters. The fourth-order valence-electron chi connectivity index (χ4n) is 0.779. The molecule has 6 heteroatoms. The summed E-state index contributed by atoms with van der Waals surface area (Å²) in [6.07, 6.45) is 0. The molecule has 0 aromatic carbocycles. The van der Waals surface area contributed by atoms with Crippen LogP contribution in [0.4, 0.5) is 10.1 Å². The number of rotatable bonds is 1. The molecule has 1 heterocycles. The van der Waals surface area contributed by atoms with Crippen molar-refractivity contribution in [3.05, 3.63) is 17.6 Å². The van der Waals surface area contributed by atoms with Crippen LogP contribution in [0, 0.1) is 5.82 Å². The Bertz CT molecular complexity index is 333. The zero-order valence-corrected chi connectivity index (χ0v) is 8.03. The van der Waals surface area contributed by atoms with Gasteiger partial charge in [0.1, 0.15) is 0 Å². The molecule has 0 saturated heterocycles. The first kappa shape index (κ1) is 9.86. The lowest BCUT2D eigenvalue weighted by Gasteiger charge is -2.03. The Balaban J connectivity index is 3.20. The molecule has 0 aliphatic rings. The Morgan fingerprint density at radius 3 is 2.85 bits per heavy atom. The fourth-order valence-corrected chi connectivity index (χ4v) is 1.08. The smallest absolute Gasteiger partial charge is 0.356 e. The van der Waals surface area contributed by atoms with Crippen LogP contribution in [-0.4, -0.2) is 18.1 Å². The van der Waals surface area contributed by atoms with E-state index in [0.717, 1.165) is 6.07 Å². The molecule has 13 heavy (non-hydrogen) atoms. The number of anilines is 1. The van der Waals surface area contributed by atoms with Crippen LogP contribution >= 0.6 is 9.24 Å². The molecule has 0 aliphatic heterocycles. The van der Waals surface area contributed by atoms with Gasteiger partial charge in [0.15, 0.2) is 11.5 Å². The van der Waals surface area contributed by atoms with E-state index in [0.29, 0.717) is 0 Å². The zero-order chi connectivity index (χ0) is 10.0. The summed E-state index contributed by atoms with van der Waals surface area (Å²) in [6, 6.07) is 1.13. The van der Waals surface area contributed by atoms with Gasteiger partial charge in [-0.2, -0.15) is 0 Å². The average Bonchev–Trinajstić information content (AvgIpc) is 2.12. The predicted octanol–water partition coefficient (Wildman–Crippen LogP) is 0.0899. The number of nitrogens with zero attached hydrogens (tertiary/aromatic N) is 1. The number of esters is 1. The van der Waals surface area contributed by atoms with Gasteiger partial charge in [-0.05, 0) is 6.07 Å². The third kappa shape index (κ3) is 1.92. The first-order valence-corrected chi connectivity index (χ1v) is 3.93. The number of pyridine rings is 1. The molecule has 0 spiro atoms. The predicted molar refractivity (Wildman–Crippen MR) is 49.3 cm³/mol. The summed E-state index contributed by atoms with van der Waals surface area (Å²) < 4.78 is 17.3. The van der Waals surface area contributed by atoms with Crippen molar-refractivity contribution in [1.29, 1.82) is 0 Å². The minimum atomic E-state index is -0.643. The van der Waals surface area contributed by atoms with Gasteiger partial charge < -0.3 is 10.5 Å². The minimum Gasteiger partial charge on any atom is -0.464 e. The molecule has 0 aliphatic carbocycles. The number of nitrogens with two attached hydrogens (primary N) is 1. The summed E-state index contributed by atoms with van der Waals surface area (Å²) in [4.78, 5) is 14.6. The van der Waals surface area contributed by atoms with E-state index in [-0.39, 0.29) is 16.8 Å². The van der Waals surface area contributed by atoms with Crippen LogP contribution in [0.5, 0.6) is 0 Å². The lowest BCUT2D eigenvalue weighted by Crippen LogP contribution is -2.15. The standard InChI is InChI=1S/C7H8FN2O2P/c1-12-7(11)4-2-3(9)5(8)6(13)10-4/h2H,13H2,1H3,(H2,9,10). The highest BCUT2D eigenvalue weighted by atomic mass is 31.0. The third-order valence-corrected chi connectivity index (χ3v) is 1.79. The topological polar surface area (TPSA) is 65.2 Å². The monoisotopic (exact) mass is 202 g/mol. The number of ether oxygens (including phenoxy) is 1. The van der Waals surface area contributed by atoms with E-state index >= 15 is 0 Å². The van der Waals surface area contributed by atoms with Crippen molar-refractivity contribution in [2.75, 3.05) is 12.8 Å². The molecular weight excluding hydrogens is 194 g/mol. The molecule has 2 N–H and O–H groups in total. The maximum absolute atomic E-state index is 12.9. The molecule has 0 bridgehead atoms. The number of aromatic nitrogens is 1. The van der Waals surface area contributed by atoms with Crippen LogP contribution in [0.15, 0.2) is 6.07 Å². The van der Waals surface area contributed by atoms with Gasteiger partial charge in [-0.1, -0.05) is 9.24 Å². The second-order valence-electron chi connectivity index (χ2n) is 2.29. The number of carbonyl (C=O) groups excluding carboxylic acids is 1. The van der Waals surface area contributed by atoms with Gasteiger partial charge in [0.25, 0.3) is 0 Å². The Labute approximate surface area is 76.5 Å². The SMILES string of the molecule is COC(=O)c1cc(N)c(F)c(P)n1. The summed E-state index contributed by atoms with van der Waals surface area (Å²) in [7, 11) is 3.26. The second kappa shape index (κ2) is 3.66. The Kier molecular flexibility index (Phi) is 2.78. The molecule has 4 nitrogen and oxygen atoms in total. The molecule has 0 fully saturated rings. The largest absolute Gasteiger partial charge is 0.464 e. The summed E-state index contributed by atoms with van der Waals surface area (Å²) in [5.41, 5.74) is 5.15. The van der Waals surface area contributed by atoms with Gasteiger partial charge >= 0.3 is 5.97 Å². The summed E-state index contributed by atoms with van der Waals surface area (Å²) >= 11 is 0. The van der Waals surface area contributed by atoms with Gasteiger partial charge in [-0.15, -0.1) is 0 Å². The quantitative estimate of drug-likeness (QED) is 0.517. The van der Waals surface area contributed by atoms with Crippen molar-refractivity contribution in [2.45, 2.75) is 0 Å². The number of nitrogen functional groups attached to an aromatic ring is 1. The Morgan fingerprint density at radius 1 is 1.77 bits per heavy atom. The molecule has 0 amide bonds. The van der Waals surface area contributed by atoms with E-state index in [1.165, 1.54) is 7.11 Å². The number of halogens is 1. The lowest BCUT2D eigenvalue weighted by molar-refractivity contribution is 0.0594. The van der Waals surface area contributed by atoms with Crippen molar-refractivity contribution in [3.63, 3.8) is 0 Å². The third-order valence-electron chi connectivity index (χ3n) is 1.41. The van der Waals surface area contributed by atoms with Crippen molar-refractivity contribution in [1.82, 2.24) is 4.98 Å². The van der Waals surface area contributed by atoms with E-state index in [2.05, 4.69) is 9.72 Å². The first-order valence-electron chi connectivity index (χ1n) is 3.36. The molecule has 0 radical (unpaired) electrons. The van der Waals surface area contributed by atoms with E-state index in [1.807, 2.05) is 9.24 Å². The highest BCUT2D eigenvalue weighted by Crippen LogP contribution is 2.10. The Morgan fingerprint density at radius 2 is 2.38 bits per heavy atom.